The van der Waals surface area contributed by atoms with Gasteiger partial charge in [-0.05, 0) is 0 Å². The molecule has 146 valence electrons. The molecule has 0 unspecified atom stereocenters. The molecule has 0 aromatic carbocycles. The Morgan fingerprint density at radius 3 is 3.00 bits per heavy atom. The van der Waals surface area contributed by atoms with E-state index in [2.05, 4.69) is 13.8 Å². The zero-order chi connectivity index (χ0) is 19.2. The Balaban J connectivity index is 1.48. The van der Waals surface area contributed by atoms with E-state index in [-0.39, 0.29) is 6.09 Å². The van der Waals surface area contributed by atoms with Crippen molar-refractivity contribution in [3.63, 3.8) is 0 Å². The quantitative estimate of drug-likeness (QED) is 0.271. The van der Waals surface area contributed by atoms with Gasteiger partial charge in [-0.2, -0.15) is 0 Å². The average molecular weight is 494 g/mol. The number of aryl methyl sites for hydroxylation is 2. The van der Waals surface area contributed by atoms with Crippen LogP contribution in [-0.4, -0.2) is 34.6 Å². The first-order chi connectivity index (χ1) is 13.1. The Morgan fingerprint density at radius 1 is 1.42 bits per heavy atom. The van der Waals surface area contributed by atoms with Crippen LogP contribution in [0.15, 0.2) is 0 Å². The number of carbonyl (C=O) groups is 2. The molecule has 1 aromatic rings. The number of nitrogens with zero attached hydrogens (tertiary/aromatic N) is 3. The number of nitrogens with one attached hydrogen (secondary N) is 1. The van der Waals surface area contributed by atoms with Gasteiger partial charge < -0.3 is 0 Å². The molecule has 0 aliphatic heterocycles. The van der Waals surface area contributed by atoms with Crippen LogP contribution in [0, 0.1) is 17.8 Å². The molecule has 2 aliphatic rings. The number of hydrogen-bond acceptors (Lipinski definition) is 6. The molecular formula is C17H26IN4O3S-. The van der Waals surface area contributed by atoms with E-state index in [1.807, 2.05) is 11.6 Å². The summed E-state index contributed by atoms with van der Waals surface area (Å²) in [6, 6.07) is 0. The number of ether oxygens (including phenoxy) is 1. The van der Waals surface area contributed by atoms with Crippen molar-refractivity contribution in [3.05, 3.63) is 11.4 Å². The Labute approximate surface area is 169 Å². The predicted octanol–water partition coefficient (Wildman–Crippen LogP) is -0.647. The van der Waals surface area contributed by atoms with Crippen LogP contribution in [0.1, 0.15) is 50.4 Å². The van der Waals surface area contributed by atoms with E-state index in [1.165, 1.54) is 5.69 Å². The van der Waals surface area contributed by atoms with E-state index in [9.17, 15) is 9.59 Å². The second-order valence-corrected chi connectivity index (χ2v) is 9.06. The Morgan fingerprint density at radius 2 is 2.23 bits per heavy atom. The average Bonchev–Trinajstić information content (AvgIpc) is 3.17. The SMILES string of the molecule is [2H]S[I-]NC(=O)OC[C@@H]1[C@@H]2CCc3c(nnn3CCCC(=O)CC)CC[C@@H]21. The third-order valence-corrected chi connectivity index (χ3v) is 6.78. The summed E-state index contributed by atoms with van der Waals surface area (Å²) < 4.78 is 17.0. The molecular weight excluding hydrogens is 467 g/mol. The summed E-state index contributed by atoms with van der Waals surface area (Å²) in [5, 5.41) is 8.69. The maximum atomic E-state index is 11.6. The Bertz CT molecular complexity index is 675. The van der Waals surface area contributed by atoms with Crippen LogP contribution in [0.3, 0.4) is 0 Å². The Kier molecular flexibility index (Phi) is 6.68. The minimum absolute atomic E-state index is 0.300. The van der Waals surface area contributed by atoms with Gasteiger partial charge in [0, 0.05) is 12.8 Å². The first-order valence-corrected chi connectivity index (χ1v) is 13.3. The number of aromatic nitrogens is 3. The Hall–Kier alpha value is -0.840. The van der Waals surface area contributed by atoms with E-state index < -0.39 is 20.1 Å². The molecule has 1 saturated carbocycles. The van der Waals surface area contributed by atoms with Gasteiger partial charge in [-0.25, -0.2) is 0 Å². The first-order valence-electron chi connectivity index (χ1n) is 9.66. The van der Waals surface area contributed by atoms with Crippen molar-refractivity contribution in [1.82, 2.24) is 18.5 Å². The minimum atomic E-state index is -0.671. The van der Waals surface area contributed by atoms with Crippen molar-refractivity contribution < 1.29 is 34.4 Å². The number of rotatable bonds is 9. The zero-order valence-corrected chi connectivity index (χ0v) is 17.9. The number of carbonyl (C=O) groups excluding carboxylic acids is 2. The van der Waals surface area contributed by atoms with Crippen LogP contribution in [0.25, 0.3) is 0 Å². The van der Waals surface area contributed by atoms with E-state index in [4.69, 9.17) is 5.86 Å². The summed E-state index contributed by atoms with van der Waals surface area (Å²) >= 11 is -0.671. The van der Waals surface area contributed by atoms with Crippen LogP contribution in [0.2, 0.25) is 0 Å². The number of Topliss-reactive ketones (excluding diaryl/α,β-unsaturated/α-hetero) is 1. The molecule has 3 rings (SSSR count). The number of amides is 1. The molecule has 1 fully saturated rings. The van der Waals surface area contributed by atoms with Gasteiger partial charge in [-0.3, -0.25) is 4.79 Å². The van der Waals surface area contributed by atoms with Crippen molar-refractivity contribution in [2.75, 3.05) is 6.61 Å². The molecule has 26 heavy (non-hydrogen) atoms. The molecule has 3 atom stereocenters. The van der Waals surface area contributed by atoms with Crippen LogP contribution >= 0.6 is 9.70 Å². The molecule has 1 heterocycles. The maximum absolute atomic E-state index is 11.6. The third kappa shape index (κ3) is 4.90. The second-order valence-electron chi connectivity index (χ2n) is 7.04. The van der Waals surface area contributed by atoms with E-state index in [0.717, 1.165) is 54.0 Å². The molecule has 1 aromatic heterocycles. The zero-order valence-electron chi connectivity index (χ0n) is 15.9. The number of halogens is 1. The second kappa shape index (κ2) is 9.38. The van der Waals surface area contributed by atoms with Gasteiger partial charge in [0.25, 0.3) is 0 Å². The summed E-state index contributed by atoms with van der Waals surface area (Å²) in [5.41, 5.74) is 2.32. The van der Waals surface area contributed by atoms with Crippen LogP contribution in [0.4, 0.5) is 4.79 Å². The first kappa shape index (κ1) is 18.5. The fraction of sp³-hybridized carbons (Fsp3) is 0.765. The molecule has 7 nitrogen and oxygen atoms in total. The van der Waals surface area contributed by atoms with E-state index in [1.54, 1.807) is 0 Å². The molecule has 0 radical (unpaired) electrons. The van der Waals surface area contributed by atoms with E-state index >= 15 is 0 Å². The molecule has 0 bridgehead atoms. The number of fused-ring (bicyclic) bond motifs is 2. The van der Waals surface area contributed by atoms with Gasteiger partial charge in [-0.15, -0.1) is 0 Å². The predicted molar refractivity (Wildman–Crippen MR) is 95.1 cm³/mol. The summed E-state index contributed by atoms with van der Waals surface area (Å²) in [4.78, 5) is 23.1. The van der Waals surface area contributed by atoms with Crippen molar-refractivity contribution in [2.45, 2.75) is 58.4 Å². The standard InChI is InChI=1S/C17H26IN4O3S/c1-2-11(23)4-3-9-22-16-8-6-13-12(5-7-15(16)20-21-22)14(13)10-25-17(24)19-18-26/h12-14,26H,2-10H2,1H3,(H,19,24)/q-1/t12-,13+,14-/m0/s1/i26D. The van der Waals surface area contributed by atoms with Gasteiger partial charge in [0.2, 0.25) is 0 Å². The number of thiol groups is 1. The van der Waals surface area contributed by atoms with Gasteiger partial charge >= 0.3 is 139 Å². The topological polar surface area (TPSA) is 86.1 Å². The normalized spacial score (nSPS) is 24.7. The number of hydrogen-bond donors (Lipinski definition) is 2. The molecule has 1 amide bonds. The van der Waals surface area contributed by atoms with Crippen LogP contribution < -0.4 is 23.6 Å². The fourth-order valence-corrected chi connectivity index (χ4v) is 4.84. The van der Waals surface area contributed by atoms with Gasteiger partial charge in [0.05, 0.1) is 0 Å². The van der Waals surface area contributed by atoms with Crippen molar-refractivity contribution in [2.24, 2.45) is 17.8 Å². The van der Waals surface area contributed by atoms with Gasteiger partial charge in [0.1, 0.15) is 5.78 Å². The van der Waals surface area contributed by atoms with Gasteiger partial charge in [-0.1, -0.05) is 6.92 Å². The summed E-state index contributed by atoms with van der Waals surface area (Å²) in [6.07, 6.45) is 5.66. The fourth-order valence-electron chi connectivity index (χ4n) is 4.08. The molecule has 0 spiro atoms. The van der Waals surface area contributed by atoms with Gasteiger partial charge in [0.15, 0.2) is 0 Å². The van der Waals surface area contributed by atoms with Crippen LogP contribution in [0.5, 0.6) is 0 Å². The van der Waals surface area contributed by atoms with E-state index in [0.29, 0.717) is 43.0 Å². The molecule has 9 heteroatoms. The number of ketones is 1. The summed E-state index contributed by atoms with van der Waals surface area (Å²) in [5.74, 6) is 1.97. The summed E-state index contributed by atoms with van der Waals surface area (Å²) in [7, 11) is 0.923. The monoisotopic (exact) mass is 494 g/mol. The third-order valence-electron chi connectivity index (χ3n) is 5.60. The van der Waals surface area contributed by atoms with Crippen molar-refractivity contribution in [1.29, 1.82) is 1.12 Å². The molecule has 2 aliphatic carbocycles. The molecule has 1 N–H and O–H groups in total. The summed E-state index contributed by atoms with van der Waals surface area (Å²) in [6.45, 7) is 3.13. The van der Waals surface area contributed by atoms with Crippen LogP contribution in [-0.2, 0) is 28.9 Å². The molecule has 0 saturated heterocycles. The van der Waals surface area contributed by atoms with Crippen molar-refractivity contribution in [3.8, 4) is 0 Å². The van der Waals surface area contributed by atoms with Crippen molar-refractivity contribution >= 4 is 21.6 Å².